The van der Waals surface area contributed by atoms with Crippen molar-refractivity contribution >= 4 is 11.0 Å². The standard InChI is InChI=1S/C13H19NO2S/c1-12(2,3)17(15)14-13(9-16-10-13)11-7-5-4-6-8-11/h4-8,14H,9-10H2,1-3H3. The van der Waals surface area contributed by atoms with Crippen LogP contribution in [-0.2, 0) is 21.3 Å². The molecule has 0 aliphatic carbocycles. The molecule has 17 heavy (non-hydrogen) atoms. The van der Waals surface area contributed by atoms with E-state index in [9.17, 15) is 4.21 Å². The van der Waals surface area contributed by atoms with E-state index in [4.69, 9.17) is 4.74 Å². The maximum atomic E-state index is 12.2. The first kappa shape index (κ1) is 12.7. The molecular weight excluding hydrogens is 234 g/mol. The highest BCUT2D eigenvalue weighted by atomic mass is 32.2. The van der Waals surface area contributed by atoms with Crippen LogP contribution in [0, 0.1) is 0 Å². The molecule has 4 heteroatoms. The van der Waals surface area contributed by atoms with Gasteiger partial charge in [-0.15, -0.1) is 0 Å². The van der Waals surface area contributed by atoms with Crippen LogP contribution in [0.4, 0.5) is 0 Å². The van der Waals surface area contributed by atoms with Crippen LogP contribution in [0.1, 0.15) is 26.3 Å². The summed E-state index contributed by atoms with van der Waals surface area (Å²) in [5, 5.41) is 0. The highest BCUT2D eigenvalue weighted by Gasteiger charge is 2.43. The SMILES string of the molecule is CC(C)(C)S(=O)NC1(c2ccccc2)COC1. The molecule has 1 N–H and O–H groups in total. The van der Waals surface area contributed by atoms with E-state index in [1.807, 2.05) is 39.0 Å². The lowest BCUT2D eigenvalue weighted by molar-refractivity contribution is -0.0659. The molecule has 0 aromatic heterocycles. The van der Waals surface area contributed by atoms with Gasteiger partial charge in [0, 0.05) is 0 Å². The normalized spacial score (nSPS) is 20.6. The highest BCUT2D eigenvalue weighted by molar-refractivity contribution is 7.84. The molecule has 3 nitrogen and oxygen atoms in total. The van der Waals surface area contributed by atoms with E-state index in [1.165, 1.54) is 0 Å². The van der Waals surface area contributed by atoms with E-state index >= 15 is 0 Å². The minimum atomic E-state index is -1.09. The molecule has 1 aromatic carbocycles. The lowest BCUT2D eigenvalue weighted by Gasteiger charge is -2.43. The monoisotopic (exact) mass is 253 g/mol. The zero-order valence-corrected chi connectivity index (χ0v) is 11.3. The smallest absolute Gasteiger partial charge is 0.102 e. The molecule has 0 radical (unpaired) electrons. The molecule has 1 heterocycles. The number of ether oxygens (including phenoxy) is 1. The number of rotatable bonds is 3. The third-order valence-electron chi connectivity index (χ3n) is 2.87. The molecule has 1 aliphatic rings. The number of nitrogens with one attached hydrogen (secondary N) is 1. The first-order chi connectivity index (χ1) is 7.94. The second-order valence-electron chi connectivity index (χ2n) is 5.42. The van der Waals surface area contributed by atoms with Crippen LogP contribution in [0.3, 0.4) is 0 Å². The van der Waals surface area contributed by atoms with Crippen LogP contribution >= 0.6 is 0 Å². The summed E-state index contributed by atoms with van der Waals surface area (Å²) in [6, 6.07) is 10.1. The average Bonchev–Trinajstić information content (AvgIpc) is 2.23. The second kappa shape index (κ2) is 4.52. The predicted molar refractivity (Wildman–Crippen MR) is 70.0 cm³/mol. The van der Waals surface area contributed by atoms with Crippen LogP contribution in [0.25, 0.3) is 0 Å². The van der Waals surface area contributed by atoms with Crippen LogP contribution < -0.4 is 4.72 Å². The maximum absolute atomic E-state index is 12.2. The van der Waals surface area contributed by atoms with E-state index in [0.717, 1.165) is 5.56 Å². The van der Waals surface area contributed by atoms with Gasteiger partial charge in [-0.05, 0) is 26.3 Å². The fraction of sp³-hybridized carbons (Fsp3) is 0.538. The molecule has 1 atom stereocenters. The van der Waals surface area contributed by atoms with E-state index in [2.05, 4.69) is 16.9 Å². The fourth-order valence-corrected chi connectivity index (χ4v) is 2.58. The van der Waals surface area contributed by atoms with Crippen LogP contribution in [0.15, 0.2) is 30.3 Å². The summed E-state index contributed by atoms with van der Waals surface area (Å²) in [5.41, 5.74) is 0.864. The predicted octanol–water partition coefficient (Wildman–Crippen LogP) is 1.96. The first-order valence-electron chi connectivity index (χ1n) is 5.77. The number of benzene rings is 1. The summed E-state index contributed by atoms with van der Waals surface area (Å²) in [6.45, 7) is 7.06. The van der Waals surface area contributed by atoms with E-state index in [-0.39, 0.29) is 10.3 Å². The van der Waals surface area contributed by atoms with Gasteiger partial charge in [-0.1, -0.05) is 30.3 Å². The quantitative estimate of drug-likeness (QED) is 0.894. The van der Waals surface area contributed by atoms with Gasteiger partial charge in [0.25, 0.3) is 0 Å². The van der Waals surface area contributed by atoms with Crippen LogP contribution in [-0.4, -0.2) is 22.2 Å². The van der Waals surface area contributed by atoms with Crippen LogP contribution in [0.5, 0.6) is 0 Å². The summed E-state index contributed by atoms with van der Waals surface area (Å²) in [4.78, 5) is 0. The summed E-state index contributed by atoms with van der Waals surface area (Å²) in [5.74, 6) is 0. The lowest BCUT2D eigenvalue weighted by Crippen LogP contribution is -2.59. The van der Waals surface area contributed by atoms with Gasteiger partial charge in [-0.3, -0.25) is 0 Å². The van der Waals surface area contributed by atoms with Gasteiger partial charge in [0.2, 0.25) is 0 Å². The van der Waals surface area contributed by atoms with Crippen LogP contribution in [0.2, 0.25) is 0 Å². The minimum Gasteiger partial charge on any atom is -0.377 e. The minimum absolute atomic E-state index is 0.266. The van der Waals surface area contributed by atoms with Crippen molar-refractivity contribution in [1.82, 2.24) is 4.72 Å². The van der Waals surface area contributed by atoms with Crippen molar-refractivity contribution in [3.63, 3.8) is 0 Å². The fourth-order valence-electron chi connectivity index (χ4n) is 1.68. The molecule has 2 rings (SSSR count). The van der Waals surface area contributed by atoms with Gasteiger partial charge in [-0.25, -0.2) is 8.93 Å². The van der Waals surface area contributed by atoms with Crippen molar-refractivity contribution in [2.24, 2.45) is 0 Å². The Kier molecular flexibility index (Phi) is 3.39. The van der Waals surface area contributed by atoms with Gasteiger partial charge in [0.1, 0.15) is 5.54 Å². The number of hydrogen-bond acceptors (Lipinski definition) is 2. The van der Waals surface area contributed by atoms with Crippen molar-refractivity contribution in [3.8, 4) is 0 Å². The molecule has 0 spiro atoms. The highest BCUT2D eigenvalue weighted by Crippen LogP contribution is 2.31. The molecule has 1 aromatic rings. The Hall–Kier alpha value is -0.710. The van der Waals surface area contributed by atoms with Gasteiger partial charge in [0.15, 0.2) is 0 Å². The van der Waals surface area contributed by atoms with E-state index in [0.29, 0.717) is 13.2 Å². The Morgan fingerprint density at radius 1 is 1.24 bits per heavy atom. The largest absolute Gasteiger partial charge is 0.377 e. The molecular formula is C13H19NO2S. The molecule has 1 aliphatic heterocycles. The number of hydrogen-bond donors (Lipinski definition) is 1. The van der Waals surface area contributed by atoms with Crippen molar-refractivity contribution in [2.75, 3.05) is 13.2 Å². The third kappa shape index (κ3) is 2.59. The summed E-state index contributed by atoms with van der Waals surface area (Å²) in [6.07, 6.45) is 0. The summed E-state index contributed by atoms with van der Waals surface area (Å²) < 4.78 is 20.5. The van der Waals surface area contributed by atoms with Crippen molar-refractivity contribution in [3.05, 3.63) is 35.9 Å². The van der Waals surface area contributed by atoms with E-state index in [1.54, 1.807) is 0 Å². The van der Waals surface area contributed by atoms with Crippen molar-refractivity contribution in [1.29, 1.82) is 0 Å². The Labute approximate surface area is 105 Å². The van der Waals surface area contributed by atoms with Gasteiger partial charge in [-0.2, -0.15) is 0 Å². The van der Waals surface area contributed by atoms with Gasteiger partial charge in [0.05, 0.1) is 28.9 Å². The second-order valence-corrected chi connectivity index (χ2v) is 7.39. The van der Waals surface area contributed by atoms with E-state index < -0.39 is 11.0 Å². The Morgan fingerprint density at radius 3 is 2.24 bits per heavy atom. The molecule has 1 fully saturated rings. The topological polar surface area (TPSA) is 38.3 Å². The molecule has 1 unspecified atom stereocenters. The Balaban J connectivity index is 2.20. The third-order valence-corrected chi connectivity index (χ3v) is 4.56. The molecule has 0 saturated carbocycles. The Morgan fingerprint density at radius 2 is 1.82 bits per heavy atom. The van der Waals surface area contributed by atoms with Crippen molar-refractivity contribution < 1.29 is 8.95 Å². The molecule has 94 valence electrons. The Bertz CT molecular complexity index is 407. The first-order valence-corrected chi connectivity index (χ1v) is 6.92. The van der Waals surface area contributed by atoms with Crippen molar-refractivity contribution in [2.45, 2.75) is 31.1 Å². The lowest BCUT2D eigenvalue weighted by atomic mass is 9.89. The molecule has 0 amide bonds. The zero-order chi connectivity index (χ0) is 12.5. The summed E-state index contributed by atoms with van der Waals surface area (Å²) in [7, 11) is -1.09. The van der Waals surface area contributed by atoms with Gasteiger partial charge >= 0.3 is 0 Å². The maximum Gasteiger partial charge on any atom is 0.102 e. The summed E-state index contributed by atoms with van der Waals surface area (Å²) >= 11 is 0. The average molecular weight is 253 g/mol. The molecule has 0 bridgehead atoms. The zero-order valence-electron chi connectivity index (χ0n) is 10.5. The molecule has 1 saturated heterocycles. The van der Waals surface area contributed by atoms with Gasteiger partial charge < -0.3 is 4.74 Å².